The third-order valence-electron chi connectivity index (χ3n) is 3.13. The molecule has 1 amide bonds. The molecule has 0 atom stereocenters. The van der Waals surface area contributed by atoms with Crippen LogP contribution in [0.1, 0.15) is 44.2 Å². The number of esters is 1. The molecule has 0 saturated carbocycles. The Balaban J connectivity index is 2.71. The Kier molecular flexibility index (Phi) is 5.19. The number of likely N-dealkylation sites (N-methyl/N-ethyl adjacent to an activating group) is 1. The van der Waals surface area contributed by atoms with Crippen LogP contribution < -0.4 is 5.73 Å². The van der Waals surface area contributed by atoms with Gasteiger partial charge in [0.15, 0.2) is 6.61 Å². The van der Waals surface area contributed by atoms with Gasteiger partial charge in [0.2, 0.25) is 0 Å². The van der Waals surface area contributed by atoms with Gasteiger partial charge >= 0.3 is 5.97 Å². The van der Waals surface area contributed by atoms with Crippen molar-refractivity contribution in [3.63, 3.8) is 0 Å². The summed E-state index contributed by atoms with van der Waals surface area (Å²) in [6, 6.07) is 1.71. The predicted octanol–water partition coefficient (Wildman–Crippen LogP) is 1.67. The number of hydrogen-bond acceptors (Lipinski definition) is 4. The number of carbonyl (C=O) groups excluding carboxylic acids is 2. The van der Waals surface area contributed by atoms with Crippen LogP contribution in [0.2, 0.25) is 0 Å². The minimum absolute atomic E-state index is 0.0661. The zero-order valence-corrected chi connectivity index (χ0v) is 12.7. The molecule has 0 aliphatic heterocycles. The highest BCUT2D eigenvalue weighted by Crippen LogP contribution is 2.17. The van der Waals surface area contributed by atoms with Gasteiger partial charge in [-0.15, -0.1) is 0 Å². The van der Waals surface area contributed by atoms with Crippen molar-refractivity contribution in [2.45, 2.75) is 39.8 Å². The van der Waals surface area contributed by atoms with Crippen LogP contribution in [0.15, 0.2) is 12.3 Å². The number of nitrogens with zero attached hydrogens (tertiary/aromatic N) is 2. The van der Waals surface area contributed by atoms with Crippen LogP contribution in [0.25, 0.3) is 0 Å². The van der Waals surface area contributed by atoms with E-state index in [0.29, 0.717) is 11.4 Å². The Labute approximate surface area is 119 Å². The van der Waals surface area contributed by atoms with E-state index in [1.807, 2.05) is 27.7 Å². The molecule has 6 nitrogen and oxygen atoms in total. The Bertz CT molecular complexity index is 492. The summed E-state index contributed by atoms with van der Waals surface area (Å²) in [6.45, 7) is 7.40. The summed E-state index contributed by atoms with van der Waals surface area (Å²) in [5.41, 5.74) is 6.55. The molecule has 0 aromatic carbocycles. The van der Waals surface area contributed by atoms with Gasteiger partial charge in [-0.2, -0.15) is 0 Å². The Hall–Kier alpha value is -1.98. The minimum atomic E-state index is -0.541. The van der Waals surface area contributed by atoms with Crippen molar-refractivity contribution in [2.75, 3.05) is 19.4 Å². The van der Waals surface area contributed by atoms with Crippen molar-refractivity contribution >= 4 is 17.6 Å². The number of nitrogen functional groups attached to an aromatic ring is 1. The highest BCUT2D eigenvalue weighted by molar-refractivity contribution is 5.91. The van der Waals surface area contributed by atoms with Crippen LogP contribution in [-0.4, -0.2) is 41.0 Å². The third-order valence-corrected chi connectivity index (χ3v) is 3.13. The third kappa shape index (κ3) is 3.76. The van der Waals surface area contributed by atoms with E-state index < -0.39 is 5.97 Å². The predicted molar refractivity (Wildman–Crippen MR) is 77.4 cm³/mol. The number of hydrogen-bond donors (Lipinski definition) is 1. The number of nitrogens with two attached hydrogens (primary N) is 1. The number of aromatic nitrogens is 1. The lowest BCUT2D eigenvalue weighted by molar-refractivity contribution is -0.134. The number of ether oxygens (including phenoxy) is 1. The molecule has 2 N–H and O–H groups in total. The largest absolute Gasteiger partial charge is 0.451 e. The summed E-state index contributed by atoms with van der Waals surface area (Å²) in [4.78, 5) is 25.3. The molecule has 20 heavy (non-hydrogen) atoms. The zero-order valence-electron chi connectivity index (χ0n) is 12.7. The zero-order chi connectivity index (χ0) is 15.4. The summed E-state index contributed by atoms with van der Waals surface area (Å²) < 4.78 is 6.79. The van der Waals surface area contributed by atoms with E-state index >= 15 is 0 Å². The van der Waals surface area contributed by atoms with Gasteiger partial charge in [0.05, 0.1) is 5.69 Å². The molecule has 0 fully saturated rings. The van der Waals surface area contributed by atoms with E-state index in [1.165, 1.54) is 4.90 Å². The second kappa shape index (κ2) is 6.45. The number of carbonyl (C=O) groups is 2. The molecule has 112 valence electrons. The van der Waals surface area contributed by atoms with Crippen LogP contribution in [0, 0.1) is 0 Å². The molecule has 0 aliphatic carbocycles. The standard InChI is InChI=1S/C14H23N3O3/c1-9(2)16(5)13(18)8-20-14(19)12-6-11(15)7-17(12)10(3)4/h6-7,9-10H,8,15H2,1-5H3. The van der Waals surface area contributed by atoms with Crippen LogP contribution >= 0.6 is 0 Å². The number of rotatable bonds is 5. The molecule has 0 saturated heterocycles. The molecule has 0 bridgehead atoms. The average Bonchev–Trinajstić information content (AvgIpc) is 2.76. The smallest absolute Gasteiger partial charge is 0.355 e. The summed E-state index contributed by atoms with van der Waals surface area (Å²) in [5.74, 6) is -0.773. The van der Waals surface area contributed by atoms with Crippen LogP contribution in [0.3, 0.4) is 0 Å². The first-order valence-electron chi connectivity index (χ1n) is 6.64. The molecule has 1 rings (SSSR count). The average molecular weight is 281 g/mol. The first-order chi connectivity index (χ1) is 9.23. The fraction of sp³-hybridized carbons (Fsp3) is 0.571. The molecule has 0 spiro atoms. The van der Waals surface area contributed by atoms with E-state index in [9.17, 15) is 9.59 Å². The van der Waals surface area contributed by atoms with Crippen molar-refractivity contribution in [2.24, 2.45) is 0 Å². The lowest BCUT2D eigenvalue weighted by atomic mass is 10.3. The van der Waals surface area contributed by atoms with Crippen molar-refractivity contribution in [1.82, 2.24) is 9.47 Å². The fourth-order valence-electron chi connectivity index (χ4n) is 1.68. The van der Waals surface area contributed by atoms with Gasteiger partial charge in [-0.25, -0.2) is 4.79 Å². The highest BCUT2D eigenvalue weighted by atomic mass is 16.5. The van der Waals surface area contributed by atoms with Gasteiger partial charge in [-0.05, 0) is 33.8 Å². The van der Waals surface area contributed by atoms with Crippen LogP contribution in [0.4, 0.5) is 5.69 Å². The fourth-order valence-corrected chi connectivity index (χ4v) is 1.68. The first kappa shape index (κ1) is 16.1. The Morgan fingerprint density at radius 3 is 2.45 bits per heavy atom. The Morgan fingerprint density at radius 2 is 1.95 bits per heavy atom. The molecule has 0 aliphatic rings. The van der Waals surface area contributed by atoms with Crippen molar-refractivity contribution in [3.05, 3.63) is 18.0 Å². The molecular formula is C14H23N3O3. The second-order valence-corrected chi connectivity index (χ2v) is 5.33. The van der Waals surface area contributed by atoms with Crippen LogP contribution in [-0.2, 0) is 9.53 Å². The van der Waals surface area contributed by atoms with E-state index in [2.05, 4.69) is 0 Å². The van der Waals surface area contributed by atoms with Gasteiger partial charge in [-0.1, -0.05) is 0 Å². The minimum Gasteiger partial charge on any atom is -0.451 e. The maximum atomic E-state index is 12.0. The monoisotopic (exact) mass is 281 g/mol. The van der Waals surface area contributed by atoms with E-state index in [-0.39, 0.29) is 24.6 Å². The summed E-state index contributed by atoms with van der Waals surface area (Å²) >= 11 is 0. The maximum Gasteiger partial charge on any atom is 0.355 e. The lowest BCUT2D eigenvalue weighted by Gasteiger charge is -2.21. The normalized spacial score (nSPS) is 10.9. The summed E-state index contributed by atoms with van der Waals surface area (Å²) in [5, 5.41) is 0. The van der Waals surface area contributed by atoms with Gasteiger partial charge in [0.1, 0.15) is 5.69 Å². The van der Waals surface area contributed by atoms with Crippen molar-refractivity contribution in [3.8, 4) is 0 Å². The van der Waals surface area contributed by atoms with Gasteiger partial charge in [0.25, 0.3) is 5.91 Å². The molecule has 1 heterocycles. The molecule has 0 radical (unpaired) electrons. The first-order valence-corrected chi connectivity index (χ1v) is 6.64. The van der Waals surface area contributed by atoms with E-state index in [4.69, 9.17) is 10.5 Å². The SMILES string of the molecule is CC(C)N(C)C(=O)COC(=O)c1cc(N)cn1C(C)C. The lowest BCUT2D eigenvalue weighted by Crippen LogP contribution is -2.36. The van der Waals surface area contributed by atoms with Gasteiger partial charge in [0, 0.05) is 25.3 Å². The number of anilines is 1. The van der Waals surface area contributed by atoms with E-state index in [1.54, 1.807) is 23.9 Å². The molecule has 1 aromatic rings. The summed E-state index contributed by atoms with van der Waals surface area (Å²) in [7, 11) is 1.68. The Morgan fingerprint density at radius 1 is 1.35 bits per heavy atom. The molecule has 6 heteroatoms. The quantitative estimate of drug-likeness (QED) is 0.833. The molecular weight excluding hydrogens is 258 g/mol. The molecule has 0 unspecified atom stereocenters. The molecule has 1 aromatic heterocycles. The van der Waals surface area contributed by atoms with Crippen molar-refractivity contribution < 1.29 is 14.3 Å². The van der Waals surface area contributed by atoms with Gasteiger partial charge < -0.3 is 19.9 Å². The maximum absolute atomic E-state index is 12.0. The van der Waals surface area contributed by atoms with Gasteiger partial charge in [-0.3, -0.25) is 4.79 Å². The van der Waals surface area contributed by atoms with E-state index in [0.717, 1.165) is 0 Å². The second-order valence-electron chi connectivity index (χ2n) is 5.33. The topological polar surface area (TPSA) is 77.6 Å². The van der Waals surface area contributed by atoms with Crippen molar-refractivity contribution in [1.29, 1.82) is 0 Å². The number of amides is 1. The van der Waals surface area contributed by atoms with Crippen LogP contribution in [0.5, 0.6) is 0 Å². The highest BCUT2D eigenvalue weighted by Gasteiger charge is 2.19. The summed E-state index contributed by atoms with van der Waals surface area (Å²) in [6.07, 6.45) is 1.68.